The summed E-state index contributed by atoms with van der Waals surface area (Å²) >= 11 is 0. The summed E-state index contributed by atoms with van der Waals surface area (Å²) in [6.07, 6.45) is 5.23. The van der Waals surface area contributed by atoms with Crippen LogP contribution in [-0.2, 0) is 6.61 Å². The van der Waals surface area contributed by atoms with Gasteiger partial charge in [0.15, 0.2) is 0 Å². The van der Waals surface area contributed by atoms with Crippen LogP contribution in [0.3, 0.4) is 0 Å². The first kappa shape index (κ1) is 15.5. The molecular weight excluding hydrogens is 290 g/mol. The Morgan fingerprint density at radius 3 is 2.83 bits per heavy atom. The Hall–Kier alpha value is -2.40. The second-order valence-corrected chi connectivity index (χ2v) is 5.81. The van der Waals surface area contributed by atoms with Crippen molar-refractivity contribution in [3.63, 3.8) is 0 Å². The summed E-state index contributed by atoms with van der Waals surface area (Å²) in [6, 6.07) is 11.4. The molecule has 0 atom stereocenters. The number of rotatable bonds is 4. The minimum atomic E-state index is 0.0451. The quantitative estimate of drug-likeness (QED) is 0.940. The highest BCUT2D eigenvalue weighted by atomic mass is 16.5. The van der Waals surface area contributed by atoms with Gasteiger partial charge in [-0.15, -0.1) is 0 Å². The Bertz CT molecular complexity index is 652. The predicted octanol–water partition coefficient (Wildman–Crippen LogP) is 2.22. The van der Waals surface area contributed by atoms with Crippen LogP contribution in [0.15, 0.2) is 48.8 Å². The summed E-state index contributed by atoms with van der Waals surface area (Å²) < 4.78 is 5.76. The van der Waals surface area contributed by atoms with Crippen LogP contribution < -0.4 is 10.5 Å². The molecule has 120 valence electrons. The van der Waals surface area contributed by atoms with Gasteiger partial charge >= 0.3 is 0 Å². The fourth-order valence-electron chi connectivity index (χ4n) is 2.65. The van der Waals surface area contributed by atoms with Gasteiger partial charge in [0.25, 0.3) is 5.91 Å². The number of aromatic nitrogens is 1. The predicted molar refractivity (Wildman–Crippen MR) is 88.1 cm³/mol. The molecule has 1 aliphatic rings. The normalized spacial score (nSPS) is 15.4. The molecule has 2 N–H and O–H groups in total. The summed E-state index contributed by atoms with van der Waals surface area (Å²) in [5, 5.41) is 0. The number of benzene rings is 1. The van der Waals surface area contributed by atoms with E-state index in [-0.39, 0.29) is 11.9 Å². The van der Waals surface area contributed by atoms with Crippen LogP contribution in [0.1, 0.15) is 28.8 Å². The van der Waals surface area contributed by atoms with Gasteiger partial charge in [0.05, 0.1) is 0 Å². The number of nitrogens with two attached hydrogens (primary N) is 1. The Kier molecular flexibility index (Phi) is 4.88. The molecule has 0 spiro atoms. The van der Waals surface area contributed by atoms with E-state index in [1.54, 1.807) is 18.5 Å². The molecule has 0 aliphatic carbocycles. The fourth-order valence-corrected chi connectivity index (χ4v) is 2.65. The number of amides is 1. The number of likely N-dealkylation sites (tertiary alicyclic amines) is 1. The van der Waals surface area contributed by atoms with Gasteiger partial charge in [-0.05, 0) is 37.1 Å². The van der Waals surface area contributed by atoms with Crippen LogP contribution >= 0.6 is 0 Å². The molecule has 2 aromatic rings. The minimum absolute atomic E-state index is 0.0451. The van der Waals surface area contributed by atoms with Gasteiger partial charge in [-0.2, -0.15) is 0 Å². The van der Waals surface area contributed by atoms with Gasteiger partial charge in [-0.3, -0.25) is 9.78 Å². The number of carbonyl (C=O) groups excluding carboxylic acids is 1. The SMILES string of the molecule is NC1CCN(C(=O)c2cccc(OCc3cccnc3)c2)CC1. The zero-order chi connectivity index (χ0) is 16.1. The van der Waals surface area contributed by atoms with E-state index in [2.05, 4.69) is 4.98 Å². The standard InChI is InChI=1S/C18H21N3O2/c19-16-6-9-21(10-7-16)18(22)15-4-1-5-17(11-15)23-13-14-3-2-8-20-12-14/h1-5,8,11-12,16H,6-7,9-10,13,19H2. The molecule has 1 saturated heterocycles. The largest absolute Gasteiger partial charge is 0.489 e. The van der Waals surface area contributed by atoms with E-state index in [1.165, 1.54) is 0 Å². The molecule has 5 heteroatoms. The molecule has 3 rings (SSSR count). The molecule has 2 heterocycles. The summed E-state index contributed by atoms with van der Waals surface area (Å²) in [5.74, 6) is 0.733. The zero-order valence-electron chi connectivity index (χ0n) is 13.0. The number of nitrogens with zero attached hydrogens (tertiary/aromatic N) is 2. The third-order valence-corrected chi connectivity index (χ3v) is 4.04. The number of piperidine rings is 1. The van der Waals surface area contributed by atoms with Crippen LogP contribution in [0.25, 0.3) is 0 Å². The molecule has 23 heavy (non-hydrogen) atoms. The lowest BCUT2D eigenvalue weighted by molar-refractivity contribution is 0.0714. The Balaban J connectivity index is 1.64. The van der Waals surface area contributed by atoms with E-state index in [0.717, 1.165) is 31.5 Å². The molecule has 1 aliphatic heterocycles. The van der Waals surface area contributed by atoms with Gasteiger partial charge < -0.3 is 15.4 Å². The smallest absolute Gasteiger partial charge is 0.253 e. The fraction of sp³-hybridized carbons (Fsp3) is 0.333. The summed E-state index contributed by atoms with van der Waals surface area (Å²) in [6.45, 7) is 1.88. The highest BCUT2D eigenvalue weighted by Gasteiger charge is 2.21. The number of hydrogen-bond acceptors (Lipinski definition) is 4. The van der Waals surface area contributed by atoms with Gasteiger partial charge in [0.2, 0.25) is 0 Å². The van der Waals surface area contributed by atoms with Crippen LogP contribution in [0, 0.1) is 0 Å². The highest BCUT2D eigenvalue weighted by Crippen LogP contribution is 2.18. The lowest BCUT2D eigenvalue weighted by atomic mass is 10.0. The minimum Gasteiger partial charge on any atom is -0.489 e. The molecule has 5 nitrogen and oxygen atoms in total. The zero-order valence-corrected chi connectivity index (χ0v) is 13.0. The number of hydrogen-bond donors (Lipinski definition) is 1. The molecule has 1 fully saturated rings. The van der Waals surface area contributed by atoms with Crippen LogP contribution in [-0.4, -0.2) is 34.9 Å². The number of pyridine rings is 1. The summed E-state index contributed by atoms with van der Waals surface area (Å²) in [4.78, 5) is 18.5. The third-order valence-electron chi connectivity index (χ3n) is 4.04. The monoisotopic (exact) mass is 311 g/mol. The van der Waals surface area contributed by atoms with Crippen molar-refractivity contribution in [1.82, 2.24) is 9.88 Å². The maximum absolute atomic E-state index is 12.6. The first-order chi connectivity index (χ1) is 11.2. The van der Waals surface area contributed by atoms with Crippen molar-refractivity contribution in [2.75, 3.05) is 13.1 Å². The number of carbonyl (C=O) groups is 1. The lowest BCUT2D eigenvalue weighted by Crippen LogP contribution is -2.42. The molecule has 0 bridgehead atoms. The molecule has 0 unspecified atom stereocenters. The molecule has 1 aromatic carbocycles. The highest BCUT2D eigenvalue weighted by molar-refractivity contribution is 5.94. The molecular formula is C18H21N3O2. The van der Waals surface area contributed by atoms with E-state index < -0.39 is 0 Å². The topological polar surface area (TPSA) is 68.5 Å². The summed E-state index contributed by atoms with van der Waals surface area (Å²) in [5.41, 5.74) is 7.54. The second kappa shape index (κ2) is 7.24. The third kappa shape index (κ3) is 4.07. The van der Waals surface area contributed by atoms with Crippen molar-refractivity contribution in [1.29, 1.82) is 0 Å². The Labute approximate surface area is 136 Å². The van der Waals surface area contributed by atoms with Crippen LogP contribution in [0.4, 0.5) is 0 Å². The van der Waals surface area contributed by atoms with E-state index in [0.29, 0.717) is 17.9 Å². The summed E-state index contributed by atoms with van der Waals surface area (Å²) in [7, 11) is 0. The van der Waals surface area contributed by atoms with Crippen molar-refractivity contribution in [3.8, 4) is 5.75 Å². The molecule has 1 amide bonds. The molecule has 0 radical (unpaired) electrons. The van der Waals surface area contributed by atoms with E-state index >= 15 is 0 Å². The van der Waals surface area contributed by atoms with Gasteiger partial charge in [0, 0.05) is 42.7 Å². The van der Waals surface area contributed by atoms with Crippen molar-refractivity contribution in [2.24, 2.45) is 5.73 Å². The van der Waals surface area contributed by atoms with Crippen LogP contribution in [0.2, 0.25) is 0 Å². The molecule has 0 saturated carbocycles. The van der Waals surface area contributed by atoms with Gasteiger partial charge in [-0.25, -0.2) is 0 Å². The van der Waals surface area contributed by atoms with Crippen molar-refractivity contribution < 1.29 is 9.53 Å². The Morgan fingerprint density at radius 1 is 1.26 bits per heavy atom. The average molecular weight is 311 g/mol. The van der Waals surface area contributed by atoms with E-state index in [9.17, 15) is 4.79 Å². The van der Waals surface area contributed by atoms with Crippen LogP contribution in [0.5, 0.6) is 5.75 Å². The van der Waals surface area contributed by atoms with E-state index in [4.69, 9.17) is 10.5 Å². The first-order valence-corrected chi connectivity index (χ1v) is 7.89. The lowest BCUT2D eigenvalue weighted by Gasteiger charge is -2.30. The average Bonchev–Trinajstić information content (AvgIpc) is 2.61. The van der Waals surface area contributed by atoms with Crippen molar-refractivity contribution in [2.45, 2.75) is 25.5 Å². The van der Waals surface area contributed by atoms with E-state index in [1.807, 2.05) is 35.2 Å². The molecule has 1 aromatic heterocycles. The maximum Gasteiger partial charge on any atom is 0.253 e. The Morgan fingerprint density at radius 2 is 2.09 bits per heavy atom. The van der Waals surface area contributed by atoms with Crippen molar-refractivity contribution >= 4 is 5.91 Å². The second-order valence-electron chi connectivity index (χ2n) is 5.81. The van der Waals surface area contributed by atoms with Crippen molar-refractivity contribution in [3.05, 3.63) is 59.9 Å². The van der Waals surface area contributed by atoms with Gasteiger partial charge in [0.1, 0.15) is 12.4 Å². The van der Waals surface area contributed by atoms with Gasteiger partial charge in [-0.1, -0.05) is 12.1 Å². The first-order valence-electron chi connectivity index (χ1n) is 7.89. The maximum atomic E-state index is 12.6. The number of ether oxygens (including phenoxy) is 1.